The molecular formula is C27H39NO2. The van der Waals surface area contributed by atoms with Gasteiger partial charge >= 0.3 is 5.97 Å². The molecule has 30 heavy (non-hydrogen) atoms. The van der Waals surface area contributed by atoms with Crippen LogP contribution in [-0.2, 0) is 4.74 Å². The van der Waals surface area contributed by atoms with Gasteiger partial charge in [-0.05, 0) is 62.1 Å². The molecule has 0 N–H and O–H groups in total. The fraction of sp³-hybridized carbons (Fsp3) is 0.556. The van der Waals surface area contributed by atoms with Crippen LogP contribution in [0.5, 0.6) is 0 Å². The number of carbonyl (C=O) groups is 1. The van der Waals surface area contributed by atoms with Gasteiger partial charge in [0.05, 0.1) is 6.61 Å². The number of esters is 1. The number of rotatable bonds is 10. The van der Waals surface area contributed by atoms with E-state index in [-0.39, 0.29) is 11.4 Å². The van der Waals surface area contributed by atoms with E-state index in [1.165, 1.54) is 55.2 Å². The highest BCUT2D eigenvalue weighted by Crippen LogP contribution is 2.40. The Hall–Kier alpha value is -2.16. The van der Waals surface area contributed by atoms with Crippen molar-refractivity contribution in [2.45, 2.75) is 86.0 Å². The summed E-state index contributed by atoms with van der Waals surface area (Å²) in [7, 11) is 0. The minimum atomic E-state index is -0.334. The summed E-state index contributed by atoms with van der Waals surface area (Å²) in [5.74, 6) is -0.334. The summed E-state index contributed by atoms with van der Waals surface area (Å²) in [4.78, 5) is 16.4. The van der Waals surface area contributed by atoms with E-state index in [1.54, 1.807) is 12.3 Å². The molecule has 0 aromatic carbocycles. The van der Waals surface area contributed by atoms with Crippen LogP contribution in [0.1, 0.15) is 102 Å². The summed E-state index contributed by atoms with van der Waals surface area (Å²) < 4.78 is 5.33. The lowest BCUT2D eigenvalue weighted by Crippen LogP contribution is -2.19. The Morgan fingerprint density at radius 2 is 1.97 bits per heavy atom. The van der Waals surface area contributed by atoms with Crippen LogP contribution < -0.4 is 0 Å². The first-order valence-electron chi connectivity index (χ1n) is 11.5. The molecule has 1 aromatic rings. The molecule has 0 amide bonds. The van der Waals surface area contributed by atoms with E-state index in [0.29, 0.717) is 12.3 Å². The molecule has 0 aliphatic heterocycles. The Morgan fingerprint density at radius 1 is 1.20 bits per heavy atom. The maximum Gasteiger partial charge on any atom is 0.356 e. The van der Waals surface area contributed by atoms with E-state index < -0.39 is 0 Å². The molecule has 3 heteroatoms. The van der Waals surface area contributed by atoms with Crippen molar-refractivity contribution in [2.75, 3.05) is 6.61 Å². The van der Waals surface area contributed by atoms with Crippen LogP contribution in [0.3, 0.4) is 0 Å². The zero-order valence-electron chi connectivity index (χ0n) is 19.6. The van der Waals surface area contributed by atoms with Gasteiger partial charge in [-0.3, -0.25) is 0 Å². The Labute approximate surface area is 183 Å². The number of pyridine rings is 1. The van der Waals surface area contributed by atoms with Crippen molar-refractivity contribution >= 4 is 12.0 Å². The first-order valence-corrected chi connectivity index (χ1v) is 11.5. The summed E-state index contributed by atoms with van der Waals surface area (Å²) in [6.45, 7) is 11.7. The molecule has 0 unspecified atom stereocenters. The van der Waals surface area contributed by atoms with Crippen LogP contribution in [0.2, 0.25) is 0 Å². The van der Waals surface area contributed by atoms with Gasteiger partial charge in [-0.25, -0.2) is 9.78 Å². The fourth-order valence-corrected chi connectivity index (χ4v) is 4.09. The number of carbonyl (C=O) groups excluding carboxylic acids is 1. The van der Waals surface area contributed by atoms with E-state index in [9.17, 15) is 4.79 Å². The van der Waals surface area contributed by atoms with E-state index in [4.69, 9.17) is 4.74 Å². The number of nitrogens with zero attached hydrogens (tertiary/aromatic N) is 1. The van der Waals surface area contributed by atoms with Gasteiger partial charge in [0, 0.05) is 6.20 Å². The highest BCUT2D eigenvalue weighted by molar-refractivity contribution is 5.87. The topological polar surface area (TPSA) is 39.2 Å². The standard InChI is InChI=1S/C27H39NO2/c1-6-7-8-9-10-18-30-26(29)25-16-14-23(20-28-25)19-21(2)13-15-24-22(3)12-11-17-27(24,4)5/h13-16,19-20H,6-12,17-18H2,1-5H3/b15-13+,21-19+. The molecule has 0 bridgehead atoms. The van der Waals surface area contributed by atoms with Gasteiger partial charge in [0.1, 0.15) is 5.69 Å². The van der Waals surface area contributed by atoms with Crippen LogP contribution in [-0.4, -0.2) is 17.6 Å². The van der Waals surface area contributed by atoms with Gasteiger partial charge in [-0.1, -0.05) is 81.9 Å². The lowest BCUT2D eigenvalue weighted by atomic mass is 9.72. The fourth-order valence-electron chi connectivity index (χ4n) is 4.09. The highest BCUT2D eigenvalue weighted by atomic mass is 16.5. The maximum atomic E-state index is 12.1. The molecule has 0 spiro atoms. The van der Waals surface area contributed by atoms with Crippen molar-refractivity contribution in [3.05, 3.63) is 58.5 Å². The Morgan fingerprint density at radius 3 is 2.63 bits per heavy atom. The van der Waals surface area contributed by atoms with Gasteiger partial charge < -0.3 is 4.74 Å². The zero-order chi connectivity index (χ0) is 22.0. The molecule has 0 saturated heterocycles. The molecule has 0 saturated carbocycles. The number of hydrogen-bond donors (Lipinski definition) is 0. The Balaban J connectivity index is 1.91. The van der Waals surface area contributed by atoms with E-state index in [1.807, 2.05) is 6.07 Å². The smallest absolute Gasteiger partial charge is 0.356 e. The van der Waals surface area contributed by atoms with E-state index in [0.717, 1.165) is 18.4 Å². The molecule has 0 fully saturated rings. The molecule has 0 atom stereocenters. The third-order valence-corrected chi connectivity index (χ3v) is 5.93. The van der Waals surface area contributed by atoms with E-state index >= 15 is 0 Å². The van der Waals surface area contributed by atoms with Gasteiger partial charge in [0.15, 0.2) is 0 Å². The van der Waals surface area contributed by atoms with Crippen molar-refractivity contribution in [1.29, 1.82) is 0 Å². The van der Waals surface area contributed by atoms with Gasteiger partial charge in [0.25, 0.3) is 0 Å². The van der Waals surface area contributed by atoms with Crippen molar-refractivity contribution in [3.8, 4) is 0 Å². The average Bonchev–Trinajstić information content (AvgIpc) is 2.70. The maximum absolute atomic E-state index is 12.1. The first kappa shape index (κ1) is 24.1. The molecule has 1 aromatic heterocycles. The summed E-state index contributed by atoms with van der Waals surface area (Å²) in [6, 6.07) is 3.68. The number of unbranched alkanes of at least 4 members (excludes halogenated alkanes) is 4. The highest BCUT2D eigenvalue weighted by Gasteiger charge is 2.26. The quantitative estimate of drug-likeness (QED) is 0.226. The van der Waals surface area contributed by atoms with Crippen LogP contribution >= 0.6 is 0 Å². The summed E-state index contributed by atoms with van der Waals surface area (Å²) in [5, 5.41) is 0. The molecular weight excluding hydrogens is 370 g/mol. The Bertz CT molecular complexity index is 782. The second-order valence-corrected chi connectivity index (χ2v) is 9.18. The van der Waals surface area contributed by atoms with Crippen LogP contribution in [0.4, 0.5) is 0 Å². The third-order valence-electron chi connectivity index (χ3n) is 5.93. The Kier molecular flexibility index (Phi) is 9.55. The van der Waals surface area contributed by atoms with Crippen molar-refractivity contribution in [1.82, 2.24) is 4.98 Å². The minimum absolute atomic E-state index is 0.249. The third kappa shape index (κ3) is 7.59. The zero-order valence-corrected chi connectivity index (χ0v) is 19.6. The number of hydrogen-bond acceptors (Lipinski definition) is 3. The monoisotopic (exact) mass is 409 g/mol. The van der Waals surface area contributed by atoms with Gasteiger partial charge in [-0.2, -0.15) is 0 Å². The summed E-state index contributed by atoms with van der Waals surface area (Å²) in [6.07, 6.45) is 17.7. The molecule has 1 aliphatic rings. The lowest BCUT2D eigenvalue weighted by molar-refractivity contribution is 0.0491. The number of ether oxygens (including phenoxy) is 1. The summed E-state index contributed by atoms with van der Waals surface area (Å²) in [5.41, 5.74) is 5.75. The predicted molar refractivity (Wildman–Crippen MR) is 126 cm³/mol. The van der Waals surface area contributed by atoms with Crippen LogP contribution in [0, 0.1) is 5.41 Å². The second kappa shape index (κ2) is 11.9. The van der Waals surface area contributed by atoms with E-state index in [2.05, 4.69) is 57.8 Å². The average molecular weight is 410 g/mol. The first-order chi connectivity index (χ1) is 14.3. The molecule has 164 valence electrons. The van der Waals surface area contributed by atoms with Crippen molar-refractivity contribution in [2.24, 2.45) is 5.41 Å². The minimum Gasteiger partial charge on any atom is -0.461 e. The van der Waals surface area contributed by atoms with Crippen LogP contribution in [0.15, 0.2) is 47.2 Å². The molecule has 1 aliphatic carbocycles. The van der Waals surface area contributed by atoms with Crippen molar-refractivity contribution < 1.29 is 9.53 Å². The predicted octanol–water partition coefficient (Wildman–Crippen LogP) is 7.69. The van der Waals surface area contributed by atoms with Crippen LogP contribution in [0.25, 0.3) is 6.08 Å². The number of aromatic nitrogens is 1. The second-order valence-electron chi connectivity index (χ2n) is 9.18. The SMILES string of the molecule is CCCCCCCOC(=O)c1ccc(/C=C(C)/C=C/C2=C(C)CCCC2(C)C)cn1. The molecule has 3 nitrogen and oxygen atoms in total. The lowest BCUT2D eigenvalue weighted by Gasteiger charge is -2.32. The normalized spacial score (nSPS) is 16.9. The molecule has 1 heterocycles. The number of allylic oxidation sites excluding steroid dienone is 5. The largest absolute Gasteiger partial charge is 0.461 e. The molecule has 2 rings (SSSR count). The summed E-state index contributed by atoms with van der Waals surface area (Å²) >= 11 is 0. The van der Waals surface area contributed by atoms with Crippen molar-refractivity contribution in [3.63, 3.8) is 0 Å². The van der Waals surface area contributed by atoms with Gasteiger partial charge in [-0.15, -0.1) is 0 Å². The van der Waals surface area contributed by atoms with Gasteiger partial charge in [0.2, 0.25) is 0 Å². The molecule has 0 radical (unpaired) electrons.